The van der Waals surface area contributed by atoms with Crippen molar-refractivity contribution in [2.75, 3.05) is 0 Å². The van der Waals surface area contributed by atoms with Gasteiger partial charge in [0, 0.05) is 4.70 Å². The summed E-state index contributed by atoms with van der Waals surface area (Å²) in [5.74, 6) is 0. The average Bonchev–Trinajstić information content (AvgIpc) is 2.86. The highest BCUT2D eigenvalue weighted by atomic mass is 32.1. The topological polar surface area (TPSA) is 0 Å². The van der Waals surface area contributed by atoms with E-state index in [0.717, 1.165) is 0 Å². The summed E-state index contributed by atoms with van der Waals surface area (Å²) in [7, 11) is 0. The number of fused-ring (bicyclic) bond motifs is 2. The maximum Gasteiger partial charge on any atom is 0.0351 e. The zero-order valence-electron chi connectivity index (χ0n) is 10.8. The van der Waals surface area contributed by atoms with Gasteiger partial charge in [-0.3, -0.25) is 0 Å². The van der Waals surface area contributed by atoms with Crippen molar-refractivity contribution in [1.82, 2.24) is 0 Å². The number of hydrogen-bond donors (Lipinski definition) is 0. The zero-order chi connectivity index (χ0) is 12.4. The molecule has 92 valence electrons. The highest BCUT2D eigenvalue weighted by Gasteiger charge is 2.07. The number of hydrogen-bond acceptors (Lipinski definition) is 1. The molecule has 1 heteroatoms. The predicted molar refractivity (Wildman–Crippen MR) is 82.6 cm³/mol. The van der Waals surface area contributed by atoms with Crippen LogP contribution in [0.15, 0.2) is 41.8 Å². The van der Waals surface area contributed by atoms with Crippen LogP contribution in [0, 0.1) is 0 Å². The molecular weight excluding hydrogens is 236 g/mol. The molecule has 3 aromatic rings. The fraction of sp³-hybridized carbons (Fsp3) is 0.294. The van der Waals surface area contributed by atoms with E-state index in [4.69, 9.17) is 0 Å². The minimum Gasteiger partial charge on any atom is -0.144 e. The van der Waals surface area contributed by atoms with Crippen LogP contribution in [-0.4, -0.2) is 0 Å². The molecule has 0 unspecified atom stereocenters. The Morgan fingerprint density at radius 1 is 1.00 bits per heavy atom. The fourth-order valence-electron chi connectivity index (χ4n) is 2.69. The minimum atomic E-state index is 1.21. The van der Waals surface area contributed by atoms with E-state index in [1.807, 2.05) is 11.3 Å². The van der Waals surface area contributed by atoms with Crippen molar-refractivity contribution in [2.24, 2.45) is 0 Å². The molecule has 1 aromatic heterocycles. The summed E-state index contributed by atoms with van der Waals surface area (Å²) in [5.41, 5.74) is 1.55. The lowest BCUT2D eigenvalue weighted by Crippen LogP contribution is -1.89. The van der Waals surface area contributed by atoms with Crippen LogP contribution in [-0.2, 0) is 6.42 Å². The first kappa shape index (κ1) is 11.7. The van der Waals surface area contributed by atoms with Gasteiger partial charge in [0.25, 0.3) is 0 Å². The van der Waals surface area contributed by atoms with Crippen LogP contribution in [0.4, 0.5) is 0 Å². The summed E-state index contributed by atoms with van der Waals surface area (Å²) >= 11 is 1.86. The zero-order valence-corrected chi connectivity index (χ0v) is 11.6. The molecular formula is C17H18S. The van der Waals surface area contributed by atoms with E-state index in [0.29, 0.717) is 0 Å². The van der Waals surface area contributed by atoms with Gasteiger partial charge in [-0.1, -0.05) is 44.0 Å². The molecule has 0 bridgehead atoms. The van der Waals surface area contributed by atoms with Crippen LogP contribution in [0.1, 0.15) is 31.7 Å². The number of aryl methyl sites for hydroxylation is 1. The normalized spacial score (nSPS) is 11.4. The standard InChI is InChI=1S/C17H18S/c1-2-3-4-9-15-14-8-6-5-7-13(14)12-17-16(15)10-11-18-17/h5-8,10-12H,2-4,9H2,1H3. The van der Waals surface area contributed by atoms with Crippen molar-refractivity contribution in [3.8, 4) is 0 Å². The van der Waals surface area contributed by atoms with Crippen molar-refractivity contribution < 1.29 is 0 Å². The van der Waals surface area contributed by atoms with Crippen molar-refractivity contribution >= 4 is 32.2 Å². The van der Waals surface area contributed by atoms with E-state index in [1.165, 1.54) is 46.5 Å². The molecule has 0 saturated heterocycles. The van der Waals surface area contributed by atoms with Gasteiger partial charge < -0.3 is 0 Å². The molecule has 0 fully saturated rings. The summed E-state index contributed by atoms with van der Waals surface area (Å²) in [6.07, 6.45) is 5.13. The SMILES string of the molecule is CCCCCc1c2ccccc2cc2sccc12. The highest BCUT2D eigenvalue weighted by Crippen LogP contribution is 2.32. The van der Waals surface area contributed by atoms with E-state index in [-0.39, 0.29) is 0 Å². The fourth-order valence-corrected chi connectivity index (χ4v) is 3.55. The second kappa shape index (κ2) is 5.11. The second-order valence-corrected chi connectivity index (χ2v) is 5.81. The quantitative estimate of drug-likeness (QED) is 0.517. The Balaban J connectivity index is 2.17. The summed E-state index contributed by atoms with van der Waals surface area (Å²) < 4.78 is 1.43. The number of benzene rings is 2. The van der Waals surface area contributed by atoms with Gasteiger partial charge in [-0.15, -0.1) is 11.3 Å². The van der Waals surface area contributed by atoms with Crippen molar-refractivity contribution in [3.05, 3.63) is 47.3 Å². The first-order chi connectivity index (χ1) is 8.90. The third kappa shape index (κ3) is 2.04. The number of thiophene rings is 1. The Bertz CT molecular complexity index is 663. The molecule has 18 heavy (non-hydrogen) atoms. The predicted octanol–water partition coefficient (Wildman–Crippen LogP) is 5.79. The first-order valence-corrected chi connectivity index (χ1v) is 7.66. The van der Waals surface area contributed by atoms with Gasteiger partial charge in [0.05, 0.1) is 0 Å². The van der Waals surface area contributed by atoms with E-state index >= 15 is 0 Å². The molecule has 3 rings (SSSR count). The summed E-state index contributed by atoms with van der Waals surface area (Å²) in [4.78, 5) is 0. The highest BCUT2D eigenvalue weighted by molar-refractivity contribution is 7.17. The molecule has 0 amide bonds. The molecule has 0 spiro atoms. The second-order valence-electron chi connectivity index (χ2n) is 4.87. The Hall–Kier alpha value is -1.34. The lowest BCUT2D eigenvalue weighted by Gasteiger charge is -2.08. The Morgan fingerprint density at radius 2 is 1.89 bits per heavy atom. The molecule has 0 N–H and O–H groups in total. The minimum absolute atomic E-state index is 1.21. The molecule has 0 radical (unpaired) electrons. The summed E-state index contributed by atoms with van der Waals surface area (Å²) in [6.45, 7) is 2.27. The van der Waals surface area contributed by atoms with Crippen LogP contribution in [0.25, 0.3) is 20.9 Å². The molecule has 0 nitrogen and oxygen atoms in total. The summed E-state index contributed by atoms with van der Waals surface area (Å²) in [6, 6.07) is 13.4. The van der Waals surface area contributed by atoms with E-state index < -0.39 is 0 Å². The lowest BCUT2D eigenvalue weighted by atomic mass is 9.96. The van der Waals surface area contributed by atoms with Crippen LogP contribution in [0.5, 0.6) is 0 Å². The first-order valence-electron chi connectivity index (χ1n) is 6.78. The van der Waals surface area contributed by atoms with Crippen LogP contribution in [0.3, 0.4) is 0 Å². The van der Waals surface area contributed by atoms with Crippen LogP contribution in [0.2, 0.25) is 0 Å². The van der Waals surface area contributed by atoms with Crippen molar-refractivity contribution in [3.63, 3.8) is 0 Å². The van der Waals surface area contributed by atoms with E-state index in [1.54, 1.807) is 5.56 Å². The Kier molecular flexibility index (Phi) is 3.33. The third-order valence-corrected chi connectivity index (χ3v) is 4.49. The molecule has 0 saturated carbocycles. The van der Waals surface area contributed by atoms with Crippen molar-refractivity contribution in [2.45, 2.75) is 32.6 Å². The largest absolute Gasteiger partial charge is 0.144 e. The lowest BCUT2D eigenvalue weighted by molar-refractivity contribution is 0.722. The molecule has 1 heterocycles. The van der Waals surface area contributed by atoms with Crippen molar-refractivity contribution in [1.29, 1.82) is 0 Å². The molecule has 0 atom stereocenters. The summed E-state index contributed by atoms with van der Waals surface area (Å²) in [5, 5.41) is 6.51. The van der Waals surface area contributed by atoms with Gasteiger partial charge in [-0.2, -0.15) is 0 Å². The van der Waals surface area contributed by atoms with Gasteiger partial charge >= 0.3 is 0 Å². The average molecular weight is 254 g/mol. The van der Waals surface area contributed by atoms with E-state index in [2.05, 4.69) is 48.7 Å². The Morgan fingerprint density at radius 3 is 2.78 bits per heavy atom. The molecule has 0 aliphatic heterocycles. The number of rotatable bonds is 4. The molecule has 0 aliphatic carbocycles. The van der Waals surface area contributed by atoms with Gasteiger partial charge in [0.2, 0.25) is 0 Å². The Labute approximate surface area is 112 Å². The third-order valence-electron chi connectivity index (χ3n) is 3.62. The van der Waals surface area contributed by atoms with Gasteiger partial charge in [0.15, 0.2) is 0 Å². The monoisotopic (exact) mass is 254 g/mol. The maximum atomic E-state index is 2.33. The van der Waals surface area contributed by atoms with Gasteiger partial charge in [-0.05, 0) is 52.1 Å². The van der Waals surface area contributed by atoms with Crippen LogP contribution >= 0.6 is 11.3 Å². The van der Waals surface area contributed by atoms with Crippen LogP contribution < -0.4 is 0 Å². The molecule has 0 aliphatic rings. The van der Waals surface area contributed by atoms with E-state index in [9.17, 15) is 0 Å². The van der Waals surface area contributed by atoms with Gasteiger partial charge in [0.1, 0.15) is 0 Å². The maximum absolute atomic E-state index is 2.33. The number of unbranched alkanes of at least 4 members (excludes halogenated alkanes) is 2. The van der Waals surface area contributed by atoms with Gasteiger partial charge in [-0.25, -0.2) is 0 Å². The smallest absolute Gasteiger partial charge is 0.0351 e. The molecule has 2 aromatic carbocycles.